The molecular weight excluding hydrogens is 993 g/mol. The normalized spacial score (nSPS) is 19.4. The molecule has 0 aliphatic carbocycles. The van der Waals surface area contributed by atoms with E-state index in [1.165, 1.54) is 6.20 Å². The van der Waals surface area contributed by atoms with Crippen LogP contribution in [0.25, 0.3) is 33.1 Å². The highest BCUT2D eigenvalue weighted by molar-refractivity contribution is 6.01. The van der Waals surface area contributed by atoms with Gasteiger partial charge in [0.05, 0.1) is 71.2 Å². The molecule has 392 valence electrons. The van der Waals surface area contributed by atoms with Crippen molar-refractivity contribution in [3.63, 3.8) is 0 Å². The van der Waals surface area contributed by atoms with E-state index < -0.39 is 141 Å². The summed E-state index contributed by atoms with van der Waals surface area (Å²) in [5, 5.41) is 23.5. The van der Waals surface area contributed by atoms with Crippen molar-refractivity contribution in [2.45, 2.75) is 36.6 Å². The summed E-state index contributed by atoms with van der Waals surface area (Å²) in [6, 6.07) is 11.0. The first-order valence-corrected chi connectivity index (χ1v) is 23.1. The Balaban J connectivity index is 1.21. The minimum atomic E-state index is -1.89. The Hall–Kier alpha value is -10.2. The number of nitrogens with zero attached hydrogens (tertiary/aromatic N) is 6. The zero-order valence-electron chi connectivity index (χ0n) is 39.8. The fourth-order valence-corrected chi connectivity index (χ4v) is 7.17. The first-order valence-electron chi connectivity index (χ1n) is 23.1. The van der Waals surface area contributed by atoms with Crippen molar-refractivity contribution < 1.29 is 52.7 Å². The molecule has 14 N–H and O–H groups in total. The van der Waals surface area contributed by atoms with Crippen LogP contribution in [0.4, 0.5) is 0 Å². The van der Waals surface area contributed by atoms with Crippen LogP contribution in [0.1, 0.15) is 37.9 Å². The molecule has 1 saturated heterocycles. The summed E-state index contributed by atoms with van der Waals surface area (Å²) < 4.78 is 0. The third-order valence-electron chi connectivity index (χ3n) is 11.2. The minimum absolute atomic E-state index is 0.186. The minimum Gasteiger partial charge on any atom is -0.368 e. The van der Waals surface area contributed by atoms with Gasteiger partial charge in [-0.1, -0.05) is 36.4 Å². The third-order valence-corrected chi connectivity index (χ3v) is 11.2. The summed E-state index contributed by atoms with van der Waals surface area (Å²) in [5.41, 5.74) is 13.1. The molecule has 7 rings (SSSR count). The average Bonchev–Trinajstić information content (AvgIpc) is 3.43. The summed E-state index contributed by atoms with van der Waals surface area (Å²) >= 11 is 0. The van der Waals surface area contributed by atoms with Crippen molar-refractivity contribution in [3.05, 3.63) is 108 Å². The number of nitrogens with two attached hydrogens (primary N) is 2. The van der Waals surface area contributed by atoms with Gasteiger partial charge in [0.25, 0.3) is 17.7 Å². The van der Waals surface area contributed by atoms with Gasteiger partial charge in [-0.25, -0.2) is 15.0 Å². The highest BCUT2D eigenvalue weighted by Gasteiger charge is 2.34. The van der Waals surface area contributed by atoms with Crippen LogP contribution in [-0.4, -0.2) is 164 Å². The van der Waals surface area contributed by atoms with Crippen LogP contribution in [0, 0.1) is 0 Å². The molecule has 6 aromatic rings. The molecule has 3 aromatic carbocycles. The van der Waals surface area contributed by atoms with Gasteiger partial charge in [-0.2, -0.15) is 0 Å². The van der Waals surface area contributed by atoms with Crippen molar-refractivity contribution in [1.29, 1.82) is 0 Å². The first-order chi connectivity index (χ1) is 36.5. The lowest BCUT2D eigenvalue weighted by molar-refractivity contribution is -0.135. The number of carbonyl (C=O) groups is 11. The van der Waals surface area contributed by atoms with Crippen LogP contribution in [0.2, 0.25) is 0 Å². The van der Waals surface area contributed by atoms with E-state index in [4.69, 9.17) is 11.5 Å². The number of hydrogen-bond donors (Lipinski definition) is 12. The maximum absolute atomic E-state index is 14.5. The zero-order chi connectivity index (χ0) is 54.3. The molecule has 4 unspecified atom stereocenters. The number of nitrogens with one attached hydrogen (secondary N) is 10. The number of benzene rings is 3. The maximum Gasteiger partial charge on any atom is 0.271 e. The Morgan fingerprint density at radius 2 is 0.829 bits per heavy atom. The molecule has 0 radical (unpaired) electrons. The second-order valence-electron chi connectivity index (χ2n) is 16.6. The highest BCUT2D eigenvalue weighted by Crippen LogP contribution is 2.11. The van der Waals surface area contributed by atoms with Crippen molar-refractivity contribution in [3.8, 4) is 0 Å². The van der Waals surface area contributed by atoms with Gasteiger partial charge in [-0.15, -0.1) is 0 Å². The van der Waals surface area contributed by atoms with Crippen LogP contribution in [-0.2, 0) is 38.4 Å². The summed E-state index contributed by atoms with van der Waals surface area (Å²) in [6.07, 6.45) is 2.59. The predicted molar refractivity (Wildman–Crippen MR) is 264 cm³/mol. The monoisotopic (exact) mass is 1040 g/mol. The Morgan fingerprint density at radius 3 is 1.24 bits per heavy atom. The highest BCUT2D eigenvalue weighted by atomic mass is 16.2. The molecule has 1 aliphatic rings. The van der Waals surface area contributed by atoms with E-state index in [-0.39, 0.29) is 17.1 Å². The molecule has 1 fully saturated rings. The van der Waals surface area contributed by atoms with Crippen molar-refractivity contribution in [1.82, 2.24) is 83.1 Å². The second kappa shape index (κ2) is 25.0. The third kappa shape index (κ3) is 14.3. The van der Waals surface area contributed by atoms with E-state index in [1.54, 1.807) is 72.8 Å². The Labute approximate surface area is 428 Å². The lowest BCUT2D eigenvalue weighted by Crippen LogP contribution is -2.63. The Bertz CT molecular complexity index is 3270. The van der Waals surface area contributed by atoms with Crippen molar-refractivity contribution in [2.75, 3.05) is 39.3 Å². The van der Waals surface area contributed by atoms with Gasteiger partial charge in [0.2, 0.25) is 47.3 Å². The van der Waals surface area contributed by atoms with E-state index in [0.29, 0.717) is 33.1 Å². The Morgan fingerprint density at radius 1 is 0.461 bits per heavy atom. The molecular formula is C47H48N18O11. The lowest BCUT2D eigenvalue weighted by Gasteiger charge is -2.27. The smallest absolute Gasteiger partial charge is 0.271 e. The molecule has 76 heavy (non-hydrogen) atoms. The maximum atomic E-state index is 14.5. The van der Waals surface area contributed by atoms with Gasteiger partial charge in [-0.3, -0.25) is 67.7 Å². The number of carbonyl (C=O) groups excluding carboxylic acids is 11. The fourth-order valence-electron chi connectivity index (χ4n) is 7.17. The molecule has 29 nitrogen and oxygen atoms in total. The van der Waals surface area contributed by atoms with Crippen molar-refractivity contribution in [2.24, 2.45) is 11.5 Å². The molecule has 4 heterocycles. The lowest BCUT2D eigenvalue weighted by atomic mass is 10.1. The first kappa shape index (κ1) is 53.6. The largest absolute Gasteiger partial charge is 0.368 e. The van der Waals surface area contributed by atoms with E-state index >= 15 is 0 Å². The molecule has 3 aromatic heterocycles. The van der Waals surface area contributed by atoms with Crippen molar-refractivity contribution >= 4 is 98.1 Å². The van der Waals surface area contributed by atoms with Gasteiger partial charge in [0.15, 0.2) is 0 Å². The van der Waals surface area contributed by atoms with Crippen LogP contribution in [0.5, 0.6) is 0 Å². The number of hydrogen-bond acceptors (Lipinski definition) is 18. The van der Waals surface area contributed by atoms with E-state index in [0.717, 1.165) is 12.4 Å². The van der Waals surface area contributed by atoms with Crippen LogP contribution in [0.15, 0.2) is 91.4 Å². The topological polar surface area (TPSA) is 437 Å². The number of para-hydroxylation sites is 6. The number of amides is 11. The number of fused-ring (bicyclic) bond motifs is 3. The molecule has 29 heteroatoms. The van der Waals surface area contributed by atoms with E-state index in [9.17, 15) is 52.7 Å². The van der Waals surface area contributed by atoms with Crippen LogP contribution < -0.4 is 64.6 Å². The predicted octanol–water partition coefficient (Wildman–Crippen LogP) is -5.39. The van der Waals surface area contributed by atoms with E-state index in [2.05, 4.69) is 83.1 Å². The standard InChI is InChI=1S/C47H48N18O11/c48-14-30-41(70)57-21-38(67)53-22-39(68)62-34(18-54-42(71)31-15-50-23-7-1-4-10-26(23)58-31)45(74)64-36(20-56-44(73)33-17-52-25-9-3-6-12-28(25)60-33)47(76)65-35(46(75)63-29(40(49)69)13-37(66)61-30)19-55-43(72)32-16-51-24-8-2-5-11-27(24)59-32/h1-12,15-17,29-30,34-36H,13-14,18-22,48H2,(H2,49,69)(H,53,67)(H,54,71)(H,55,72)(H,56,73)(H,57,70)(H,61,66)(H,62,68)(H,63,75)(H,64,74)(H,65,76)/t29-,30?,34?,35?,36?/m0/s1. The number of aromatic nitrogens is 6. The fraction of sp³-hybridized carbons (Fsp3) is 0.255. The molecule has 1 aliphatic heterocycles. The molecule has 0 saturated carbocycles. The SMILES string of the molecule is NCC1NC(=O)C[C@@H](C(N)=O)NC(=O)C(CNC(=O)c2cnc3ccccc3n2)NC(=O)C(CNC(=O)c2cnc3ccccc3n2)NC(=O)C(CNC(=O)c2cnc3ccccc3n2)NC(=O)CNC(=O)CNC1=O. The number of rotatable bonds is 11. The Kier molecular flexibility index (Phi) is 17.6. The van der Waals surface area contributed by atoms with Crippen LogP contribution >= 0.6 is 0 Å². The summed E-state index contributed by atoms with van der Waals surface area (Å²) in [5.74, 6) is -11.5. The molecule has 0 bridgehead atoms. The van der Waals surface area contributed by atoms with Gasteiger partial charge >= 0.3 is 0 Å². The molecule has 11 amide bonds. The van der Waals surface area contributed by atoms with Gasteiger partial charge < -0.3 is 64.6 Å². The van der Waals surface area contributed by atoms with Gasteiger partial charge in [0.1, 0.15) is 47.3 Å². The van der Waals surface area contributed by atoms with Crippen LogP contribution in [0.3, 0.4) is 0 Å². The summed E-state index contributed by atoms with van der Waals surface area (Å²) in [6.45, 7) is -4.32. The number of primary amides is 1. The molecule has 5 atom stereocenters. The zero-order valence-corrected chi connectivity index (χ0v) is 39.8. The average molecular weight is 1040 g/mol. The second-order valence-corrected chi connectivity index (χ2v) is 16.6. The molecule has 0 spiro atoms. The van der Waals surface area contributed by atoms with E-state index in [1.807, 2.05) is 0 Å². The van der Waals surface area contributed by atoms with Gasteiger partial charge in [-0.05, 0) is 36.4 Å². The quantitative estimate of drug-likeness (QED) is 0.0576. The summed E-state index contributed by atoms with van der Waals surface area (Å²) in [7, 11) is 0. The summed E-state index contributed by atoms with van der Waals surface area (Å²) in [4.78, 5) is 174. The van der Waals surface area contributed by atoms with Gasteiger partial charge in [0, 0.05) is 26.2 Å².